The van der Waals surface area contributed by atoms with Crippen LogP contribution in [-0.2, 0) is 20.9 Å². The first-order valence-electron chi connectivity index (χ1n) is 10.1. The first kappa shape index (κ1) is 21.8. The van der Waals surface area contributed by atoms with Crippen LogP contribution in [0.25, 0.3) is 0 Å². The number of amidine groups is 1. The van der Waals surface area contributed by atoms with Crippen LogP contribution in [0.1, 0.15) is 30.5 Å². The molecule has 0 saturated carbocycles. The average Bonchev–Trinajstić information content (AvgIpc) is 3.19. The molecule has 2 aromatic carbocycles. The summed E-state index contributed by atoms with van der Waals surface area (Å²) in [4.78, 5) is 31.6. The lowest BCUT2D eigenvalue weighted by Crippen LogP contribution is -2.38. The van der Waals surface area contributed by atoms with Crippen molar-refractivity contribution in [3.05, 3.63) is 93.9 Å². The van der Waals surface area contributed by atoms with Crippen LogP contribution in [0, 0.1) is 5.82 Å². The summed E-state index contributed by atoms with van der Waals surface area (Å²) in [6, 6.07) is 15.1. The number of carbonyl (C=O) groups is 2. The first-order valence-corrected chi connectivity index (χ1v) is 10.9. The second-order valence-electron chi connectivity index (χ2n) is 7.35. The summed E-state index contributed by atoms with van der Waals surface area (Å²) in [5.41, 5.74) is 2.66. The van der Waals surface area contributed by atoms with Gasteiger partial charge in [0.15, 0.2) is 5.17 Å². The number of aliphatic imine (C=N–C) groups is 1. The Hall–Kier alpha value is -3.39. The van der Waals surface area contributed by atoms with E-state index >= 15 is 0 Å². The van der Waals surface area contributed by atoms with Gasteiger partial charge in [-0.1, -0.05) is 60.3 Å². The van der Waals surface area contributed by atoms with Crippen molar-refractivity contribution in [3.63, 3.8) is 0 Å². The molecule has 2 heterocycles. The quantitative estimate of drug-likeness (QED) is 0.664. The summed E-state index contributed by atoms with van der Waals surface area (Å²) in [6.07, 6.45) is 0.0668. The molecule has 0 fully saturated rings. The van der Waals surface area contributed by atoms with E-state index in [9.17, 15) is 14.0 Å². The number of fused-ring (bicyclic) bond motifs is 1. The highest BCUT2D eigenvalue weighted by atomic mass is 32.2. The molecular weight excluding hydrogens is 429 g/mol. The standard InChI is InChI=1S/C24H22FN3O3S/c1-15-21(23(30)31-2)22(18-10-6-7-11-19(18)25)28-17(14-32-24(28)27-15)12-20(29)26-13-16-8-4-3-5-9-16/h3-11,14,22H,12-13H2,1-2H3,(H,26,29)/t22-/m0/s1. The Bertz CT molecular complexity index is 1140. The number of nitrogens with one attached hydrogen (secondary N) is 1. The molecule has 0 spiro atoms. The van der Waals surface area contributed by atoms with Gasteiger partial charge in [0.2, 0.25) is 5.91 Å². The molecule has 0 aromatic heterocycles. The summed E-state index contributed by atoms with van der Waals surface area (Å²) in [6.45, 7) is 2.11. The molecule has 1 N–H and O–H groups in total. The fraction of sp³-hybridized carbons (Fsp3) is 0.208. The van der Waals surface area contributed by atoms with Gasteiger partial charge in [-0.05, 0) is 24.0 Å². The molecular formula is C24H22FN3O3S. The number of benzene rings is 2. The zero-order chi connectivity index (χ0) is 22.7. The Morgan fingerprint density at radius 3 is 2.59 bits per heavy atom. The minimum Gasteiger partial charge on any atom is -0.466 e. The lowest BCUT2D eigenvalue weighted by atomic mass is 9.93. The smallest absolute Gasteiger partial charge is 0.338 e. The van der Waals surface area contributed by atoms with Crippen LogP contribution >= 0.6 is 11.8 Å². The minimum atomic E-state index is -0.778. The number of amides is 1. The highest BCUT2D eigenvalue weighted by molar-refractivity contribution is 8.16. The van der Waals surface area contributed by atoms with Crippen LogP contribution in [0.15, 0.2) is 82.0 Å². The predicted octanol–water partition coefficient (Wildman–Crippen LogP) is 4.28. The number of ether oxygens (including phenoxy) is 1. The summed E-state index contributed by atoms with van der Waals surface area (Å²) in [5, 5.41) is 5.32. The van der Waals surface area contributed by atoms with Crippen molar-refractivity contribution in [2.75, 3.05) is 7.11 Å². The third-order valence-electron chi connectivity index (χ3n) is 5.28. The zero-order valence-corrected chi connectivity index (χ0v) is 18.5. The van der Waals surface area contributed by atoms with Gasteiger partial charge >= 0.3 is 5.97 Å². The van der Waals surface area contributed by atoms with Gasteiger partial charge in [-0.2, -0.15) is 0 Å². The Morgan fingerprint density at radius 2 is 1.88 bits per heavy atom. The van der Waals surface area contributed by atoms with E-state index in [0.29, 0.717) is 28.7 Å². The maximum atomic E-state index is 14.9. The van der Waals surface area contributed by atoms with Gasteiger partial charge in [-0.15, -0.1) is 0 Å². The average molecular weight is 452 g/mol. The van der Waals surface area contributed by atoms with Gasteiger partial charge < -0.3 is 15.0 Å². The number of allylic oxidation sites excluding steroid dienone is 1. The molecule has 0 radical (unpaired) electrons. The van der Waals surface area contributed by atoms with Gasteiger partial charge in [-0.3, -0.25) is 4.79 Å². The van der Waals surface area contributed by atoms with Crippen molar-refractivity contribution in [2.24, 2.45) is 4.99 Å². The number of halogens is 1. The number of thioether (sulfide) groups is 1. The lowest BCUT2D eigenvalue weighted by Gasteiger charge is -2.36. The topological polar surface area (TPSA) is 71.0 Å². The molecule has 32 heavy (non-hydrogen) atoms. The highest BCUT2D eigenvalue weighted by Gasteiger charge is 2.41. The summed E-state index contributed by atoms with van der Waals surface area (Å²) in [7, 11) is 1.28. The van der Waals surface area contributed by atoms with E-state index < -0.39 is 17.8 Å². The highest BCUT2D eigenvalue weighted by Crippen LogP contribution is 2.45. The first-order chi connectivity index (χ1) is 15.5. The van der Waals surface area contributed by atoms with Crippen LogP contribution in [0.2, 0.25) is 0 Å². The molecule has 6 nitrogen and oxygen atoms in total. The molecule has 164 valence electrons. The largest absolute Gasteiger partial charge is 0.466 e. The Balaban J connectivity index is 1.62. The van der Waals surface area contributed by atoms with E-state index in [1.54, 1.807) is 30.0 Å². The van der Waals surface area contributed by atoms with Crippen molar-refractivity contribution in [1.82, 2.24) is 10.2 Å². The molecule has 0 saturated heterocycles. The molecule has 0 aliphatic carbocycles. The molecule has 1 amide bonds. The summed E-state index contributed by atoms with van der Waals surface area (Å²) >= 11 is 1.35. The van der Waals surface area contributed by atoms with Gasteiger partial charge in [0.25, 0.3) is 0 Å². The number of methoxy groups -OCH3 is 1. The molecule has 0 unspecified atom stereocenters. The van der Waals surface area contributed by atoms with Crippen LogP contribution in [0.5, 0.6) is 0 Å². The normalized spacial score (nSPS) is 17.5. The summed E-state index contributed by atoms with van der Waals surface area (Å²) in [5.74, 6) is -1.21. The number of hydrogen-bond acceptors (Lipinski definition) is 6. The molecule has 8 heteroatoms. The summed E-state index contributed by atoms with van der Waals surface area (Å²) < 4.78 is 19.8. The maximum absolute atomic E-state index is 14.9. The molecule has 4 rings (SSSR count). The number of carbonyl (C=O) groups excluding carboxylic acids is 2. The fourth-order valence-electron chi connectivity index (χ4n) is 3.76. The van der Waals surface area contributed by atoms with Gasteiger partial charge in [-0.25, -0.2) is 14.2 Å². The number of nitrogens with zero attached hydrogens (tertiary/aromatic N) is 2. The van der Waals surface area contributed by atoms with Gasteiger partial charge in [0.1, 0.15) is 5.82 Å². The van der Waals surface area contributed by atoms with Crippen LogP contribution in [0.3, 0.4) is 0 Å². The molecule has 0 bridgehead atoms. The van der Waals surface area contributed by atoms with Crippen LogP contribution in [0.4, 0.5) is 4.39 Å². The minimum absolute atomic E-state index is 0.0668. The zero-order valence-electron chi connectivity index (χ0n) is 17.7. The van der Waals surface area contributed by atoms with E-state index in [0.717, 1.165) is 5.56 Å². The second kappa shape index (κ2) is 9.40. The van der Waals surface area contributed by atoms with Crippen LogP contribution in [-0.4, -0.2) is 29.1 Å². The number of hydrogen-bond donors (Lipinski definition) is 1. The SMILES string of the molecule is COC(=O)C1=C(C)N=C2SC=C(CC(=O)NCc3ccccc3)N2[C@H]1c1ccccc1F. The van der Waals surface area contributed by atoms with Crippen molar-refractivity contribution >= 4 is 28.8 Å². The van der Waals surface area contributed by atoms with Crippen molar-refractivity contribution in [3.8, 4) is 0 Å². The number of rotatable bonds is 6. The maximum Gasteiger partial charge on any atom is 0.338 e. The van der Waals surface area contributed by atoms with Crippen LogP contribution < -0.4 is 5.32 Å². The Morgan fingerprint density at radius 1 is 1.16 bits per heavy atom. The van der Waals surface area contributed by atoms with E-state index in [4.69, 9.17) is 4.74 Å². The fourth-order valence-corrected chi connectivity index (χ4v) is 4.72. The van der Waals surface area contributed by atoms with E-state index in [-0.39, 0.29) is 17.9 Å². The van der Waals surface area contributed by atoms with Crippen molar-refractivity contribution < 1.29 is 18.7 Å². The molecule has 2 aromatic rings. The monoisotopic (exact) mass is 451 g/mol. The number of esters is 1. The predicted molar refractivity (Wildman–Crippen MR) is 122 cm³/mol. The third kappa shape index (κ3) is 4.31. The van der Waals surface area contributed by atoms with E-state index in [2.05, 4.69) is 10.3 Å². The van der Waals surface area contributed by atoms with Gasteiger partial charge in [0, 0.05) is 17.8 Å². The van der Waals surface area contributed by atoms with Crippen molar-refractivity contribution in [1.29, 1.82) is 0 Å². The van der Waals surface area contributed by atoms with Crippen molar-refractivity contribution in [2.45, 2.75) is 25.9 Å². The Labute approximate surface area is 189 Å². The Kier molecular flexibility index (Phi) is 6.41. The molecule has 1 atom stereocenters. The van der Waals surface area contributed by atoms with E-state index in [1.165, 1.54) is 24.9 Å². The third-order valence-corrected chi connectivity index (χ3v) is 6.17. The molecule has 2 aliphatic heterocycles. The lowest BCUT2D eigenvalue weighted by molar-refractivity contribution is -0.136. The van der Waals surface area contributed by atoms with E-state index in [1.807, 2.05) is 35.7 Å². The molecule has 2 aliphatic rings. The van der Waals surface area contributed by atoms with Gasteiger partial charge in [0.05, 0.1) is 30.8 Å². The second-order valence-corrected chi connectivity index (χ2v) is 8.18.